The zero-order valence-corrected chi connectivity index (χ0v) is 18.7. The minimum atomic E-state index is -4.13. The number of benzene rings is 2. The summed E-state index contributed by atoms with van der Waals surface area (Å²) in [5, 5.41) is 7.07. The molecule has 4 rings (SSSR count). The Balaban J connectivity index is 1.85. The van der Waals surface area contributed by atoms with Gasteiger partial charge >= 0.3 is 0 Å². The molecule has 1 aromatic heterocycles. The quantitative estimate of drug-likeness (QED) is 0.567. The number of nitrogens with one attached hydrogen (secondary N) is 2. The number of anilines is 2. The number of sulfonamides is 1. The van der Waals surface area contributed by atoms with Crippen molar-refractivity contribution in [3.05, 3.63) is 54.0 Å². The second-order valence-electron chi connectivity index (χ2n) is 7.36. The number of methoxy groups -OCH3 is 1. The van der Waals surface area contributed by atoms with Crippen LogP contribution in [0.3, 0.4) is 0 Å². The van der Waals surface area contributed by atoms with Gasteiger partial charge in [-0.25, -0.2) is 12.8 Å². The molecule has 0 aliphatic carbocycles. The lowest BCUT2D eigenvalue weighted by Gasteiger charge is -2.14. The van der Waals surface area contributed by atoms with Crippen LogP contribution in [0.2, 0.25) is 0 Å². The minimum Gasteiger partial charge on any atom is -0.495 e. The zero-order chi connectivity index (χ0) is 23.8. The van der Waals surface area contributed by atoms with Gasteiger partial charge in [-0.2, -0.15) is 9.78 Å². The molecule has 0 fully saturated rings. The van der Waals surface area contributed by atoms with Crippen LogP contribution in [0.15, 0.2) is 47.4 Å². The highest BCUT2D eigenvalue weighted by Gasteiger charge is 2.28. The summed E-state index contributed by atoms with van der Waals surface area (Å²) in [6.07, 6.45) is 0.500. The number of amides is 1. The molecule has 0 saturated heterocycles. The standard InChI is InChI=1S/C22H21FN4O5S/c1-3-16-21(22-24-19(28)10-11-20(29)27(22)25-16)13-4-9-17(32-2)18(12-13)33(30,31)26-15-7-5-14(23)6-8-15/h4-9,12,26H,3,10-11H2,1-2H3,(H,24,28). The van der Waals surface area contributed by atoms with Crippen molar-refractivity contribution in [1.29, 1.82) is 0 Å². The van der Waals surface area contributed by atoms with E-state index in [1.54, 1.807) is 6.07 Å². The van der Waals surface area contributed by atoms with E-state index in [4.69, 9.17) is 4.74 Å². The monoisotopic (exact) mass is 472 g/mol. The normalized spacial score (nSPS) is 13.8. The van der Waals surface area contributed by atoms with Crippen LogP contribution in [-0.2, 0) is 21.2 Å². The fourth-order valence-electron chi connectivity index (χ4n) is 3.60. The Morgan fingerprint density at radius 1 is 1.15 bits per heavy atom. The van der Waals surface area contributed by atoms with Crippen molar-refractivity contribution in [1.82, 2.24) is 9.78 Å². The predicted molar refractivity (Wildman–Crippen MR) is 119 cm³/mol. The van der Waals surface area contributed by atoms with Crippen LogP contribution >= 0.6 is 0 Å². The van der Waals surface area contributed by atoms with Crippen LogP contribution in [0.25, 0.3) is 11.1 Å². The Morgan fingerprint density at radius 2 is 1.88 bits per heavy atom. The van der Waals surface area contributed by atoms with Crippen molar-refractivity contribution in [2.24, 2.45) is 0 Å². The molecule has 0 saturated carbocycles. The van der Waals surface area contributed by atoms with Gasteiger partial charge in [0.15, 0.2) is 0 Å². The van der Waals surface area contributed by atoms with Crippen LogP contribution in [-0.4, -0.2) is 37.1 Å². The minimum absolute atomic E-state index is 0.0208. The van der Waals surface area contributed by atoms with E-state index >= 15 is 0 Å². The Labute approximate surface area is 189 Å². The van der Waals surface area contributed by atoms with Gasteiger partial charge in [0.25, 0.3) is 10.0 Å². The van der Waals surface area contributed by atoms with Crippen molar-refractivity contribution >= 4 is 33.3 Å². The molecular formula is C22H21FN4O5S. The highest BCUT2D eigenvalue weighted by atomic mass is 32.2. The molecule has 0 spiro atoms. The summed E-state index contributed by atoms with van der Waals surface area (Å²) in [5.74, 6) is -0.860. The van der Waals surface area contributed by atoms with Crippen LogP contribution in [0.1, 0.15) is 30.3 Å². The molecule has 33 heavy (non-hydrogen) atoms. The van der Waals surface area contributed by atoms with Crippen LogP contribution in [0.4, 0.5) is 15.9 Å². The molecular weight excluding hydrogens is 451 g/mol. The van der Waals surface area contributed by atoms with Gasteiger partial charge in [-0.3, -0.25) is 14.3 Å². The number of carbonyl (C=O) groups is 2. The van der Waals surface area contributed by atoms with Gasteiger partial charge in [0, 0.05) is 24.1 Å². The van der Waals surface area contributed by atoms with Crippen molar-refractivity contribution < 1.29 is 27.1 Å². The lowest BCUT2D eigenvalue weighted by atomic mass is 10.0. The third-order valence-electron chi connectivity index (χ3n) is 5.19. The van der Waals surface area contributed by atoms with Gasteiger partial charge in [-0.1, -0.05) is 13.0 Å². The topological polar surface area (TPSA) is 119 Å². The number of fused-ring (bicyclic) bond motifs is 1. The van der Waals surface area contributed by atoms with Crippen LogP contribution in [0.5, 0.6) is 5.75 Å². The van der Waals surface area contributed by atoms with E-state index < -0.39 is 15.8 Å². The lowest BCUT2D eigenvalue weighted by Crippen LogP contribution is -2.14. The summed E-state index contributed by atoms with van der Waals surface area (Å²) in [6, 6.07) is 9.39. The summed E-state index contributed by atoms with van der Waals surface area (Å²) in [7, 11) is -2.79. The molecule has 1 amide bonds. The molecule has 2 heterocycles. The molecule has 0 radical (unpaired) electrons. The van der Waals surface area contributed by atoms with Crippen molar-refractivity contribution in [2.45, 2.75) is 31.1 Å². The first-order chi connectivity index (χ1) is 15.7. The van der Waals surface area contributed by atoms with Gasteiger partial charge in [0.1, 0.15) is 22.3 Å². The largest absolute Gasteiger partial charge is 0.495 e. The number of aryl methyl sites for hydroxylation is 1. The first-order valence-electron chi connectivity index (χ1n) is 10.1. The first kappa shape index (κ1) is 22.5. The third-order valence-corrected chi connectivity index (χ3v) is 6.59. The third kappa shape index (κ3) is 4.31. The van der Waals surface area contributed by atoms with E-state index in [2.05, 4.69) is 15.1 Å². The predicted octanol–water partition coefficient (Wildman–Crippen LogP) is 3.43. The summed E-state index contributed by atoms with van der Waals surface area (Å²) in [5.41, 5.74) is 1.60. The number of ether oxygens (including phenoxy) is 1. The van der Waals surface area contributed by atoms with E-state index in [1.165, 1.54) is 31.4 Å². The van der Waals surface area contributed by atoms with E-state index in [1.807, 2.05) is 6.92 Å². The van der Waals surface area contributed by atoms with Crippen LogP contribution in [0, 0.1) is 5.82 Å². The lowest BCUT2D eigenvalue weighted by molar-refractivity contribution is -0.116. The summed E-state index contributed by atoms with van der Waals surface area (Å²) in [4.78, 5) is 24.5. The molecule has 2 aromatic carbocycles. The van der Waals surface area contributed by atoms with Gasteiger partial charge in [-0.05, 0) is 48.4 Å². The summed E-state index contributed by atoms with van der Waals surface area (Å²) >= 11 is 0. The highest BCUT2D eigenvalue weighted by molar-refractivity contribution is 7.92. The van der Waals surface area contributed by atoms with Crippen molar-refractivity contribution in [2.75, 3.05) is 17.1 Å². The molecule has 1 aliphatic rings. The Bertz CT molecular complexity index is 1350. The van der Waals surface area contributed by atoms with E-state index in [-0.39, 0.29) is 46.8 Å². The molecule has 11 heteroatoms. The SMILES string of the molecule is CCc1nn2c(c1-c1ccc(OC)c(S(=O)(=O)Nc3ccc(F)cc3)c1)NC(=O)CCC2=O. The first-order valence-corrected chi connectivity index (χ1v) is 11.6. The van der Waals surface area contributed by atoms with Gasteiger partial charge in [0.05, 0.1) is 12.8 Å². The maximum Gasteiger partial charge on any atom is 0.265 e. The maximum atomic E-state index is 13.2. The molecule has 2 N–H and O–H groups in total. The van der Waals surface area contributed by atoms with Gasteiger partial charge < -0.3 is 10.1 Å². The summed E-state index contributed by atoms with van der Waals surface area (Å²) < 4.78 is 48.4. The Kier molecular flexibility index (Phi) is 5.90. The van der Waals surface area contributed by atoms with Gasteiger partial charge in [-0.15, -0.1) is 0 Å². The molecule has 0 atom stereocenters. The highest BCUT2D eigenvalue weighted by Crippen LogP contribution is 2.37. The smallest absolute Gasteiger partial charge is 0.265 e. The van der Waals surface area contributed by atoms with Crippen molar-refractivity contribution in [3.63, 3.8) is 0 Å². The zero-order valence-electron chi connectivity index (χ0n) is 17.9. The van der Waals surface area contributed by atoms with Crippen LogP contribution < -0.4 is 14.8 Å². The molecule has 1 aliphatic heterocycles. The second-order valence-corrected chi connectivity index (χ2v) is 9.01. The number of hydrogen-bond acceptors (Lipinski definition) is 6. The Hall–Kier alpha value is -3.73. The molecule has 9 nitrogen and oxygen atoms in total. The number of rotatable bonds is 6. The molecule has 0 unspecified atom stereocenters. The summed E-state index contributed by atoms with van der Waals surface area (Å²) in [6.45, 7) is 1.84. The number of halogens is 1. The van der Waals surface area contributed by atoms with Gasteiger partial charge in [0.2, 0.25) is 11.8 Å². The fraction of sp³-hybridized carbons (Fsp3) is 0.227. The second kappa shape index (κ2) is 8.66. The molecule has 172 valence electrons. The average Bonchev–Trinajstić information content (AvgIpc) is 3.09. The number of nitrogens with zero attached hydrogens (tertiary/aromatic N) is 2. The maximum absolute atomic E-state index is 13.2. The number of carbonyl (C=O) groups excluding carboxylic acids is 2. The van der Waals surface area contributed by atoms with Crippen molar-refractivity contribution in [3.8, 4) is 16.9 Å². The fourth-order valence-corrected chi connectivity index (χ4v) is 4.86. The average molecular weight is 472 g/mol. The van der Waals surface area contributed by atoms with E-state index in [0.717, 1.165) is 16.8 Å². The molecule has 3 aromatic rings. The number of hydrogen-bond donors (Lipinski definition) is 2. The Morgan fingerprint density at radius 3 is 2.55 bits per heavy atom. The van der Waals surface area contributed by atoms with E-state index in [9.17, 15) is 22.4 Å². The number of aromatic nitrogens is 2. The molecule has 0 bridgehead atoms. The van der Waals surface area contributed by atoms with E-state index in [0.29, 0.717) is 23.2 Å².